The van der Waals surface area contributed by atoms with Crippen LogP contribution in [0.15, 0.2) is 6.07 Å². The van der Waals surface area contributed by atoms with Gasteiger partial charge < -0.3 is 15.1 Å². The van der Waals surface area contributed by atoms with E-state index in [1.54, 1.807) is 11.3 Å². The number of hydrogen-bond acceptors (Lipinski definition) is 3. The molecule has 25 heavy (non-hydrogen) atoms. The zero-order valence-corrected chi connectivity index (χ0v) is 15.6. The van der Waals surface area contributed by atoms with Crippen LogP contribution in [0.1, 0.15) is 58.6 Å². The van der Waals surface area contributed by atoms with Gasteiger partial charge in [-0.2, -0.15) is 0 Å². The van der Waals surface area contributed by atoms with Gasteiger partial charge in [-0.25, -0.2) is 4.79 Å². The molecule has 0 radical (unpaired) electrons. The van der Waals surface area contributed by atoms with Crippen molar-refractivity contribution in [2.24, 2.45) is 0 Å². The summed E-state index contributed by atoms with van der Waals surface area (Å²) in [5.74, 6) is 0.168. The van der Waals surface area contributed by atoms with Crippen LogP contribution >= 0.6 is 11.3 Å². The van der Waals surface area contributed by atoms with E-state index in [0.29, 0.717) is 6.54 Å². The fraction of sp³-hybridized carbons (Fsp3) is 0.684. The zero-order chi connectivity index (χ0) is 17.2. The van der Waals surface area contributed by atoms with E-state index in [1.807, 2.05) is 9.80 Å². The Hall–Kier alpha value is -1.56. The number of thiophene rings is 1. The van der Waals surface area contributed by atoms with Crippen molar-refractivity contribution in [1.82, 2.24) is 15.1 Å². The number of likely N-dealkylation sites (tertiary alicyclic amines) is 1. The predicted molar refractivity (Wildman–Crippen MR) is 99.2 cm³/mol. The van der Waals surface area contributed by atoms with E-state index in [1.165, 1.54) is 36.1 Å². The summed E-state index contributed by atoms with van der Waals surface area (Å²) in [5.41, 5.74) is 1.40. The fourth-order valence-electron chi connectivity index (χ4n) is 4.33. The Kier molecular flexibility index (Phi) is 4.97. The van der Waals surface area contributed by atoms with Gasteiger partial charge in [0.25, 0.3) is 5.91 Å². The van der Waals surface area contributed by atoms with Crippen molar-refractivity contribution >= 4 is 23.3 Å². The molecule has 5 nitrogen and oxygen atoms in total. The third kappa shape index (κ3) is 3.54. The maximum atomic E-state index is 13.0. The van der Waals surface area contributed by atoms with Gasteiger partial charge in [0.2, 0.25) is 0 Å². The van der Waals surface area contributed by atoms with Crippen LogP contribution in [0.5, 0.6) is 0 Å². The standard InChI is InChI=1S/C19H27N3O2S/c23-18(17-12-14-6-3-1-2-4-8-16(14)25-17)21-10-5-7-15(13-21)22-11-9-20-19(22)24/h12,15H,1-11,13H2,(H,20,24)/t15-/m0/s1. The molecule has 1 N–H and O–H groups in total. The molecule has 3 aliphatic rings. The number of rotatable bonds is 2. The number of carbonyl (C=O) groups excluding carboxylic acids is 2. The molecule has 136 valence electrons. The highest BCUT2D eigenvalue weighted by molar-refractivity contribution is 7.14. The number of amides is 3. The van der Waals surface area contributed by atoms with Crippen LogP contribution in [-0.2, 0) is 12.8 Å². The lowest BCUT2D eigenvalue weighted by Gasteiger charge is -2.36. The zero-order valence-electron chi connectivity index (χ0n) is 14.8. The monoisotopic (exact) mass is 361 g/mol. The van der Waals surface area contributed by atoms with Gasteiger partial charge in [0, 0.05) is 31.1 Å². The van der Waals surface area contributed by atoms with E-state index in [4.69, 9.17) is 0 Å². The minimum Gasteiger partial charge on any atom is -0.336 e. The second-order valence-corrected chi connectivity index (χ2v) is 8.58. The first-order valence-electron chi connectivity index (χ1n) is 9.68. The molecule has 1 aliphatic carbocycles. The van der Waals surface area contributed by atoms with Gasteiger partial charge in [0.15, 0.2) is 0 Å². The highest BCUT2D eigenvalue weighted by Gasteiger charge is 2.33. The molecule has 1 aromatic heterocycles. The minimum atomic E-state index is 0.0263. The fourth-order valence-corrected chi connectivity index (χ4v) is 5.56. The van der Waals surface area contributed by atoms with Crippen molar-refractivity contribution in [3.63, 3.8) is 0 Å². The van der Waals surface area contributed by atoms with E-state index < -0.39 is 0 Å². The molecule has 1 aromatic rings. The van der Waals surface area contributed by atoms with E-state index >= 15 is 0 Å². The SMILES string of the molecule is O=C(c1cc2c(s1)CCCCCC2)N1CCC[C@H](N2CCNC2=O)C1. The largest absolute Gasteiger partial charge is 0.336 e. The molecule has 0 unspecified atom stereocenters. The molecule has 3 heterocycles. The topological polar surface area (TPSA) is 52.7 Å². The molecule has 2 saturated heterocycles. The second-order valence-electron chi connectivity index (χ2n) is 7.45. The number of carbonyl (C=O) groups is 2. The third-order valence-electron chi connectivity index (χ3n) is 5.72. The second kappa shape index (κ2) is 7.36. The molecule has 2 fully saturated rings. The summed E-state index contributed by atoms with van der Waals surface area (Å²) in [4.78, 5) is 31.2. The molecule has 4 rings (SSSR count). The summed E-state index contributed by atoms with van der Waals surface area (Å²) in [7, 11) is 0. The Bertz CT molecular complexity index is 632. The highest BCUT2D eigenvalue weighted by Crippen LogP contribution is 2.30. The maximum Gasteiger partial charge on any atom is 0.317 e. The van der Waals surface area contributed by atoms with E-state index in [0.717, 1.165) is 50.2 Å². The Morgan fingerprint density at radius 3 is 2.76 bits per heavy atom. The van der Waals surface area contributed by atoms with Crippen LogP contribution in [0.25, 0.3) is 0 Å². The number of piperidine rings is 1. The Labute approximate surface area is 153 Å². The molecule has 1 atom stereocenters. The van der Waals surface area contributed by atoms with Crippen molar-refractivity contribution in [1.29, 1.82) is 0 Å². The van der Waals surface area contributed by atoms with Crippen LogP contribution in [0.3, 0.4) is 0 Å². The third-order valence-corrected chi connectivity index (χ3v) is 6.95. The average molecular weight is 362 g/mol. The quantitative estimate of drug-likeness (QED) is 0.880. The van der Waals surface area contributed by atoms with Gasteiger partial charge in [-0.1, -0.05) is 12.8 Å². The van der Waals surface area contributed by atoms with Crippen LogP contribution in [0, 0.1) is 0 Å². The average Bonchev–Trinajstić information content (AvgIpc) is 3.20. The summed E-state index contributed by atoms with van der Waals surface area (Å²) >= 11 is 1.71. The van der Waals surface area contributed by atoms with Gasteiger partial charge in [-0.05, 0) is 50.2 Å². The molecule has 2 aliphatic heterocycles. The first-order chi connectivity index (χ1) is 12.2. The first-order valence-corrected chi connectivity index (χ1v) is 10.5. The van der Waals surface area contributed by atoms with Crippen molar-refractivity contribution in [2.45, 2.75) is 57.4 Å². The van der Waals surface area contributed by atoms with Gasteiger partial charge in [0.05, 0.1) is 10.9 Å². The Morgan fingerprint density at radius 2 is 1.96 bits per heavy atom. The molecular weight excluding hydrogens is 334 g/mol. The lowest BCUT2D eigenvalue weighted by atomic mass is 9.99. The van der Waals surface area contributed by atoms with Crippen molar-refractivity contribution in [3.05, 3.63) is 21.4 Å². The number of fused-ring (bicyclic) bond motifs is 1. The van der Waals surface area contributed by atoms with Gasteiger partial charge in [0.1, 0.15) is 0 Å². The summed E-state index contributed by atoms with van der Waals surface area (Å²) < 4.78 is 0. The Balaban J connectivity index is 1.46. The molecule has 0 spiro atoms. The van der Waals surface area contributed by atoms with E-state index in [2.05, 4.69) is 11.4 Å². The molecule has 3 amide bonds. The van der Waals surface area contributed by atoms with Crippen LogP contribution in [0.2, 0.25) is 0 Å². The Morgan fingerprint density at radius 1 is 1.12 bits per heavy atom. The molecule has 6 heteroatoms. The van der Waals surface area contributed by atoms with E-state index in [9.17, 15) is 9.59 Å². The summed E-state index contributed by atoms with van der Waals surface area (Å²) in [6, 6.07) is 2.35. The predicted octanol–water partition coefficient (Wildman–Crippen LogP) is 3.04. The molecule has 0 aromatic carbocycles. The number of aryl methyl sites for hydroxylation is 2. The normalized spacial score (nSPS) is 24.5. The number of urea groups is 1. The van der Waals surface area contributed by atoms with Crippen molar-refractivity contribution < 1.29 is 9.59 Å². The van der Waals surface area contributed by atoms with Crippen LogP contribution in [-0.4, -0.2) is 54.0 Å². The molecule has 0 bridgehead atoms. The maximum absolute atomic E-state index is 13.0. The van der Waals surface area contributed by atoms with Crippen molar-refractivity contribution in [3.8, 4) is 0 Å². The minimum absolute atomic E-state index is 0.0263. The number of nitrogens with zero attached hydrogens (tertiary/aromatic N) is 2. The van der Waals surface area contributed by atoms with Crippen LogP contribution < -0.4 is 5.32 Å². The van der Waals surface area contributed by atoms with Crippen LogP contribution in [0.4, 0.5) is 4.79 Å². The molecule has 0 saturated carbocycles. The summed E-state index contributed by atoms with van der Waals surface area (Å²) in [6.45, 7) is 2.97. The van der Waals surface area contributed by atoms with Gasteiger partial charge in [-0.3, -0.25) is 4.79 Å². The van der Waals surface area contributed by atoms with Crippen molar-refractivity contribution in [2.75, 3.05) is 26.2 Å². The smallest absolute Gasteiger partial charge is 0.317 e. The lowest BCUT2D eigenvalue weighted by Crippen LogP contribution is -2.50. The molecular formula is C19H27N3O2S. The van der Waals surface area contributed by atoms with Gasteiger partial charge >= 0.3 is 6.03 Å². The highest BCUT2D eigenvalue weighted by atomic mass is 32.1. The summed E-state index contributed by atoms with van der Waals surface area (Å²) in [5, 5.41) is 2.87. The first kappa shape index (κ1) is 16.9. The van der Waals surface area contributed by atoms with E-state index in [-0.39, 0.29) is 18.0 Å². The number of hydrogen-bond donors (Lipinski definition) is 1. The number of nitrogens with one attached hydrogen (secondary N) is 1. The summed E-state index contributed by atoms with van der Waals surface area (Å²) in [6.07, 6.45) is 9.34. The lowest BCUT2D eigenvalue weighted by molar-refractivity contribution is 0.0639. The van der Waals surface area contributed by atoms with Gasteiger partial charge in [-0.15, -0.1) is 11.3 Å².